The van der Waals surface area contributed by atoms with E-state index < -0.39 is 5.54 Å². The van der Waals surface area contributed by atoms with Crippen LogP contribution in [-0.4, -0.2) is 18.6 Å². The Morgan fingerprint density at radius 3 is 2.37 bits per heavy atom. The number of hydrogen-bond donors (Lipinski definition) is 2. The smallest absolute Gasteiger partial charge is 0.239 e. The molecule has 0 saturated carbocycles. The second kappa shape index (κ2) is 5.61. The van der Waals surface area contributed by atoms with Crippen molar-refractivity contribution in [1.82, 2.24) is 5.32 Å². The Balaban J connectivity index is 2.97. The van der Waals surface area contributed by atoms with E-state index in [4.69, 9.17) is 10.5 Å². The Bertz CT molecular complexity index is 488. The van der Waals surface area contributed by atoms with E-state index in [1.165, 1.54) is 0 Å². The van der Waals surface area contributed by atoms with Crippen LogP contribution in [0, 0.1) is 20.8 Å². The normalized spacial score (nSPS) is 11.3. The largest absolute Gasteiger partial charge is 0.496 e. The molecule has 1 aromatic carbocycles. The van der Waals surface area contributed by atoms with E-state index in [9.17, 15) is 4.79 Å². The molecule has 0 atom stereocenters. The fourth-order valence-corrected chi connectivity index (χ4v) is 1.98. The minimum Gasteiger partial charge on any atom is -0.496 e. The fraction of sp³-hybridized carbons (Fsp3) is 0.533. The number of amides is 1. The standard InChI is InChI=1S/C15H24N2O2/c1-9-7-13(19-6)11(3)10(2)12(9)8-17-14(18)15(4,5)16/h7H,8,16H2,1-6H3,(H,17,18). The Hall–Kier alpha value is -1.55. The third-order valence-corrected chi connectivity index (χ3v) is 3.44. The maximum Gasteiger partial charge on any atom is 0.239 e. The van der Waals surface area contributed by atoms with Crippen LogP contribution in [0.15, 0.2) is 6.07 Å². The van der Waals surface area contributed by atoms with Crippen molar-refractivity contribution in [3.05, 3.63) is 28.3 Å². The SMILES string of the molecule is COc1cc(C)c(CNC(=O)C(C)(C)N)c(C)c1C. The molecule has 1 amide bonds. The molecule has 3 N–H and O–H groups in total. The van der Waals surface area contributed by atoms with Gasteiger partial charge in [-0.25, -0.2) is 0 Å². The van der Waals surface area contributed by atoms with Gasteiger partial charge in [-0.2, -0.15) is 0 Å². The van der Waals surface area contributed by atoms with Crippen molar-refractivity contribution in [3.63, 3.8) is 0 Å². The van der Waals surface area contributed by atoms with Crippen LogP contribution in [0.2, 0.25) is 0 Å². The quantitative estimate of drug-likeness (QED) is 0.874. The summed E-state index contributed by atoms with van der Waals surface area (Å²) in [5, 5.41) is 2.88. The van der Waals surface area contributed by atoms with Gasteiger partial charge in [0.05, 0.1) is 12.6 Å². The van der Waals surface area contributed by atoms with Gasteiger partial charge in [0.1, 0.15) is 5.75 Å². The van der Waals surface area contributed by atoms with Gasteiger partial charge < -0.3 is 15.8 Å². The molecule has 106 valence electrons. The monoisotopic (exact) mass is 264 g/mol. The number of methoxy groups -OCH3 is 1. The molecule has 4 heteroatoms. The first-order chi connectivity index (χ1) is 8.68. The van der Waals surface area contributed by atoms with E-state index in [1.807, 2.05) is 26.8 Å². The molecule has 0 spiro atoms. The van der Waals surface area contributed by atoms with Gasteiger partial charge in [0.2, 0.25) is 5.91 Å². The number of carbonyl (C=O) groups excluding carboxylic acids is 1. The Kier molecular flexibility index (Phi) is 4.58. The van der Waals surface area contributed by atoms with Crippen molar-refractivity contribution < 1.29 is 9.53 Å². The van der Waals surface area contributed by atoms with Crippen molar-refractivity contribution in [2.75, 3.05) is 7.11 Å². The maximum absolute atomic E-state index is 11.8. The molecule has 0 aliphatic heterocycles. The van der Waals surface area contributed by atoms with E-state index in [2.05, 4.69) is 5.32 Å². The van der Waals surface area contributed by atoms with Gasteiger partial charge in [-0.05, 0) is 62.9 Å². The van der Waals surface area contributed by atoms with Gasteiger partial charge in [0, 0.05) is 6.54 Å². The van der Waals surface area contributed by atoms with E-state index in [-0.39, 0.29) is 5.91 Å². The highest BCUT2D eigenvalue weighted by Gasteiger charge is 2.22. The third kappa shape index (κ3) is 3.47. The number of benzene rings is 1. The van der Waals surface area contributed by atoms with Crippen molar-refractivity contribution in [2.24, 2.45) is 5.73 Å². The molecule has 1 rings (SSSR count). The molecule has 0 unspecified atom stereocenters. The van der Waals surface area contributed by atoms with E-state index in [0.717, 1.165) is 28.0 Å². The lowest BCUT2D eigenvalue weighted by molar-refractivity contribution is -0.125. The summed E-state index contributed by atoms with van der Waals surface area (Å²) in [6, 6.07) is 2.00. The molecule has 4 nitrogen and oxygen atoms in total. The highest BCUT2D eigenvalue weighted by atomic mass is 16.5. The first-order valence-corrected chi connectivity index (χ1v) is 6.39. The number of aryl methyl sites for hydroxylation is 1. The summed E-state index contributed by atoms with van der Waals surface area (Å²) in [5.41, 5.74) is 9.38. The molecule has 0 aromatic heterocycles. The van der Waals surface area contributed by atoms with Crippen LogP contribution < -0.4 is 15.8 Å². The van der Waals surface area contributed by atoms with Crippen LogP contribution in [0.4, 0.5) is 0 Å². The van der Waals surface area contributed by atoms with Crippen LogP contribution in [0.5, 0.6) is 5.75 Å². The van der Waals surface area contributed by atoms with Crippen molar-refractivity contribution in [2.45, 2.75) is 46.7 Å². The highest BCUT2D eigenvalue weighted by Crippen LogP contribution is 2.27. The zero-order valence-corrected chi connectivity index (χ0v) is 12.7. The Morgan fingerprint density at radius 2 is 1.89 bits per heavy atom. The molecule has 0 bridgehead atoms. The third-order valence-electron chi connectivity index (χ3n) is 3.44. The zero-order chi connectivity index (χ0) is 14.8. The van der Waals surface area contributed by atoms with E-state index >= 15 is 0 Å². The molecule has 0 radical (unpaired) electrons. The van der Waals surface area contributed by atoms with Gasteiger partial charge >= 0.3 is 0 Å². The molecular formula is C15H24N2O2. The van der Waals surface area contributed by atoms with Crippen LogP contribution in [0.3, 0.4) is 0 Å². The number of rotatable bonds is 4. The van der Waals surface area contributed by atoms with Crippen LogP contribution in [0.25, 0.3) is 0 Å². The first-order valence-electron chi connectivity index (χ1n) is 6.39. The average Bonchev–Trinajstić information content (AvgIpc) is 2.32. The zero-order valence-electron chi connectivity index (χ0n) is 12.7. The van der Waals surface area contributed by atoms with Gasteiger partial charge in [0.15, 0.2) is 0 Å². The minimum absolute atomic E-state index is 0.153. The first kappa shape index (κ1) is 15.5. The lowest BCUT2D eigenvalue weighted by Crippen LogP contribution is -2.48. The summed E-state index contributed by atoms with van der Waals surface area (Å²) in [6.07, 6.45) is 0. The maximum atomic E-state index is 11.8. The number of ether oxygens (including phenoxy) is 1. The Labute approximate surface area is 115 Å². The number of nitrogens with two attached hydrogens (primary N) is 1. The molecular weight excluding hydrogens is 240 g/mol. The summed E-state index contributed by atoms with van der Waals surface area (Å²) in [6.45, 7) is 9.96. The number of hydrogen-bond acceptors (Lipinski definition) is 3. The van der Waals surface area contributed by atoms with Crippen molar-refractivity contribution in [1.29, 1.82) is 0 Å². The summed E-state index contributed by atoms with van der Waals surface area (Å²) in [4.78, 5) is 11.8. The van der Waals surface area contributed by atoms with Gasteiger partial charge in [-0.3, -0.25) is 4.79 Å². The van der Waals surface area contributed by atoms with E-state index in [1.54, 1.807) is 21.0 Å². The fourth-order valence-electron chi connectivity index (χ4n) is 1.98. The van der Waals surface area contributed by atoms with Gasteiger partial charge in [-0.1, -0.05) is 0 Å². The van der Waals surface area contributed by atoms with Crippen LogP contribution in [-0.2, 0) is 11.3 Å². The number of carbonyl (C=O) groups is 1. The van der Waals surface area contributed by atoms with E-state index in [0.29, 0.717) is 6.54 Å². The molecule has 0 heterocycles. The topological polar surface area (TPSA) is 64.3 Å². The summed E-state index contributed by atoms with van der Waals surface area (Å²) < 4.78 is 5.33. The van der Waals surface area contributed by atoms with Crippen LogP contribution >= 0.6 is 0 Å². The molecule has 0 saturated heterocycles. The van der Waals surface area contributed by atoms with Crippen molar-refractivity contribution >= 4 is 5.91 Å². The summed E-state index contributed by atoms with van der Waals surface area (Å²) >= 11 is 0. The van der Waals surface area contributed by atoms with Gasteiger partial charge in [0.25, 0.3) is 0 Å². The lowest BCUT2D eigenvalue weighted by atomic mass is 9.97. The van der Waals surface area contributed by atoms with Gasteiger partial charge in [-0.15, -0.1) is 0 Å². The second-order valence-electron chi connectivity index (χ2n) is 5.53. The van der Waals surface area contributed by atoms with Crippen LogP contribution in [0.1, 0.15) is 36.1 Å². The predicted octanol–water partition coefficient (Wildman–Crippen LogP) is 1.97. The molecule has 19 heavy (non-hydrogen) atoms. The molecule has 0 fully saturated rings. The molecule has 0 aliphatic carbocycles. The second-order valence-corrected chi connectivity index (χ2v) is 5.53. The highest BCUT2D eigenvalue weighted by molar-refractivity contribution is 5.85. The predicted molar refractivity (Wildman–Crippen MR) is 77.3 cm³/mol. The molecule has 0 aliphatic rings. The Morgan fingerprint density at radius 1 is 1.32 bits per heavy atom. The molecule has 1 aromatic rings. The van der Waals surface area contributed by atoms with Crippen molar-refractivity contribution in [3.8, 4) is 5.75 Å². The lowest BCUT2D eigenvalue weighted by Gasteiger charge is -2.20. The summed E-state index contributed by atoms with van der Waals surface area (Å²) in [7, 11) is 1.67. The average molecular weight is 264 g/mol. The summed E-state index contributed by atoms with van der Waals surface area (Å²) in [5.74, 6) is 0.726. The number of nitrogens with one attached hydrogen (secondary N) is 1. The minimum atomic E-state index is -0.858.